The first-order valence-electron chi connectivity index (χ1n) is 12.7. The summed E-state index contributed by atoms with van der Waals surface area (Å²) in [6.45, 7) is 0. The van der Waals surface area contributed by atoms with Gasteiger partial charge >= 0.3 is 0 Å². The number of pyridine rings is 1. The second-order valence-corrected chi connectivity index (χ2v) is 10.5. The van der Waals surface area contributed by atoms with E-state index in [2.05, 4.69) is 10.3 Å². The normalized spacial score (nSPS) is 24.2. The molecule has 3 aliphatic rings. The molecule has 7 rings (SSSR count). The molecule has 0 unspecified atom stereocenters. The fourth-order valence-electron chi connectivity index (χ4n) is 6.62. The Labute approximate surface area is 229 Å². The fourth-order valence-corrected chi connectivity index (χ4v) is 6.80. The number of amides is 1. The Morgan fingerprint density at radius 3 is 2.38 bits per heavy atom. The summed E-state index contributed by atoms with van der Waals surface area (Å²) in [6, 6.07) is 23.6. The summed E-state index contributed by atoms with van der Waals surface area (Å²) in [7, 11) is 0. The van der Waals surface area contributed by atoms with Crippen LogP contribution in [0.2, 0.25) is 5.02 Å². The van der Waals surface area contributed by atoms with Crippen LogP contribution >= 0.6 is 11.6 Å². The standard InChI is InChI=1S/C32H22ClN3O3/c33-22-11-12-25-21(18-22)10-13-26-32(23-8-4-5-9-24(23)35-31(32)39)27(29(37)20-14-16-34-17-15-20)28(36(25)26)30(38)19-6-2-1-3-7-19/h1-18,26-28H,(H,35,39)/t26-,27+,28-,32-/m0/s1. The Kier molecular flexibility index (Phi) is 5.28. The molecule has 1 fully saturated rings. The highest BCUT2D eigenvalue weighted by Crippen LogP contribution is 2.58. The van der Waals surface area contributed by atoms with Gasteiger partial charge in [-0.15, -0.1) is 0 Å². The molecular weight excluding hydrogens is 510 g/mol. The molecule has 1 aromatic heterocycles. The van der Waals surface area contributed by atoms with Crippen molar-refractivity contribution >= 4 is 46.5 Å². The fraction of sp³-hybridized carbons (Fsp3) is 0.125. The number of aromatic nitrogens is 1. The Bertz CT molecular complexity index is 1690. The van der Waals surface area contributed by atoms with Gasteiger partial charge in [0.25, 0.3) is 0 Å². The molecule has 1 saturated heterocycles. The van der Waals surface area contributed by atoms with Crippen molar-refractivity contribution in [2.75, 3.05) is 10.2 Å². The summed E-state index contributed by atoms with van der Waals surface area (Å²) < 4.78 is 0. The Hall–Kier alpha value is -4.55. The minimum absolute atomic E-state index is 0.224. The number of hydrogen-bond acceptors (Lipinski definition) is 5. The summed E-state index contributed by atoms with van der Waals surface area (Å²) in [6.07, 6.45) is 6.97. The van der Waals surface area contributed by atoms with Gasteiger partial charge in [-0.25, -0.2) is 0 Å². The molecule has 0 radical (unpaired) electrons. The van der Waals surface area contributed by atoms with Crippen molar-refractivity contribution in [3.05, 3.63) is 131 Å². The number of hydrogen-bond donors (Lipinski definition) is 1. The SMILES string of the molecule is O=C(c1ccccc1)[C@@H]1[C@H](C(=O)c2ccncc2)[C@@]2(C(=O)Nc3ccccc32)[C@@H]2C=Cc3cc(Cl)ccc3N12. The highest BCUT2D eigenvalue weighted by molar-refractivity contribution is 6.31. The number of carbonyl (C=O) groups excluding carboxylic acids is 3. The van der Waals surface area contributed by atoms with Crippen LogP contribution in [-0.4, -0.2) is 34.5 Å². The number of para-hydroxylation sites is 1. The van der Waals surface area contributed by atoms with Crippen LogP contribution < -0.4 is 10.2 Å². The highest BCUT2D eigenvalue weighted by Gasteiger charge is 2.70. The lowest BCUT2D eigenvalue weighted by Gasteiger charge is -2.37. The number of carbonyl (C=O) groups is 3. The maximum Gasteiger partial charge on any atom is 0.238 e. The molecule has 7 heteroatoms. The van der Waals surface area contributed by atoms with Gasteiger partial charge in [0.15, 0.2) is 11.6 Å². The lowest BCUT2D eigenvalue weighted by atomic mass is 9.64. The van der Waals surface area contributed by atoms with E-state index in [0.717, 1.165) is 11.3 Å². The number of rotatable bonds is 4. The van der Waals surface area contributed by atoms with E-state index in [-0.39, 0.29) is 17.5 Å². The van der Waals surface area contributed by atoms with Gasteiger partial charge in [-0.05, 0) is 47.5 Å². The van der Waals surface area contributed by atoms with E-state index in [1.807, 2.05) is 59.5 Å². The van der Waals surface area contributed by atoms with Crippen LogP contribution in [0.1, 0.15) is 31.8 Å². The van der Waals surface area contributed by atoms with Gasteiger partial charge in [0.2, 0.25) is 5.91 Å². The predicted octanol–water partition coefficient (Wildman–Crippen LogP) is 5.59. The lowest BCUT2D eigenvalue weighted by molar-refractivity contribution is -0.121. The van der Waals surface area contributed by atoms with Gasteiger partial charge in [0.05, 0.1) is 12.0 Å². The lowest BCUT2D eigenvalue weighted by Crippen LogP contribution is -2.51. The van der Waals surface area contributed by atoms with Crippen molar-refractivity contribution in [3.8, 4) is 0 Å². The number of halogens is 1. The first-order valence-corrected chi connectivity index (χ1v) is 13.1. The molecule has 39 heavy (non-hydrogen) atoms. The topological polar surface area (TPSA) is 79.4 Å². The molecule has 1 amide bonds. The molecule has 0 bridgehead atoms. The molecule has 1 spiro atoms. The maximum atomic E-state index is 14.6. The highest BCUT2D eigenvalue weighted by atomic mass is 35.5. The van der Waals surface area contributed by atoms with Crippen molar-refractivity contribution in [1.29, 1.82) is 0 Å². The summed E-state index contributed by atoms with van der Waals surface area (Å²) in [5, 5.41) is 3.60. The zero-order valence-electron chi connectivity index (χ0n) is 20.6. The summed E-state index contributed by atoms with van der Waals surface area (Å²) >= 11 is 6.34. The minimum Gasteiger partial charge on any atom is -0.352 e. The van der Waals surface area contributed by atoms with Crippen molar-refractivity contribution in [1.82, 2.24) is 4.98 Å². The maximum absolute atomic E-state index is 14.6. The zero-order chi connectivity index (χ0) is 26.7. The molecule has 6 nitrogen and oxygen atoms in total. The van der Waals surface area contributed by atoms with Gasteiger partial charge < -0.3 is 10.2 Å². The number of anilines is 2. The average Bonchev–Trinajstić information content (AvgIpc) is 3.45. The molecule has 4 aromatic rings. The van der Waals surface area contributed by atoms with Crippen molar-refractivity contribution in [2.45, 2.75) is 17.5 Å². The van der Waals surface area contributed by atoms with Gasteiger partial charge in [-0.3, -0.25) is 19.4 Å². The largest absolute Gasteiger partial charge is 0.352 e. The van der Waals surface area contributed by atoms with Gasteiger partial charge in [0.1, 0.15) is 11.5 Å². The second-order valence-electron chi connectivity index (χ2n) is 10.0. The summed E-state index contributed by atoms with van der Waals surface area (Å²) in [4.78, 5) is 49.4. The molecule has 3 aliphatic heterocycles. The van der Waals surface area contributed by atoms with Crippen LogP contribution in [0.15, 0.2) is 103 Å². The number of benzene rings is 3. The Morgan fingerprint density at radius 2 is 1.59 bits per heavy atom. The minimum atomic E-state index is -1.35. The third-order valence-corrected chi connectivity index (χ3v) is 8.40. The van der Waals surface area contributed by atoms with E-state index in [4.69, 9.17) is 11.6 Å². The molecule has 190 valence electrons. The van der Waals surface area contributed by atoms with Gasteiger partial charge in [-0.1, -0.05) is 72.3 Å². The molecule has 3 aromatic carbocycles. The average molecular weight is 532 g/mol. The van der Waals surface area contributed by atoms with E-state index < -0.39 is 23.4 Å². The van der Waals surface area contributed by atoms with E-state index in [0.29, 0.717) is 27.4 Å². The van der Waals surface area contributed by atoms with Crippen molar-refractivity contribution < 1.29 is 14.4 Å². The number of Topliss-reactive ketones (excluding diaryl/α,β-unsaturated/α-hetero) is 2. The third kappa shape index (κ3) is 3.28. The second kappa shape index (κ2) is 8.75. The Balaban J connectivity index is 1.55. The first-order chi connectivity index (χ1) is 19.0. The van der Waals surface area contributed by atoms with Crippen molar-refractivity contribution in [3.63, 3.8) is 0 Å². The first kappa shape index (κ1) is 23.6. The Morgan fingerprint density at radius 1 is 0.872 bits per heavy atom. The van der Waals surface area contributed by atoms with E-state index in [1.165, 1.54) is 0 Å². The van der Waals surface area contributed by atoms with Crippen LogP contribution in [0.4, 0.5) is 11.4 Å². The van der Waals surface area contributed by atoms with Crippen LogP contribution in [0.3, 0.4) is 0 Å². The smallest absolute Gasteiger partial charge is 0.238 e. The van der Waals surface area contributed by atoms with Crippen LogP contribution in [-0.2, 0) is 10.2 Å². The summed E-state index contributed by atoms with van der Waals surface area (Å²) in [5.41, 5.74) is 2.46. The molecule has 4 atom stereocenters. The molecule has 0 saturated carbocycles. The molecule has 1 N–H and O–H groups in total. The van der Waals surface area contributed by atoms with Crippen LogP contribution in [0.5, 0.6) is 0 Å². The number of nitrogens with zero attached hydrogens (tertiary/aromatic N) is 2. The van der Waals surface area contributed by atoms with Gasteiger partial charge in [-0.2, -0.15) is 0 Å². The van der Waals surface area contributed by atoms with Crippen molar-refractivity contribution in [2.24, 2.45) is 5.92 Å². The van der Waals surface area contributed by atoms with E-state index in [1.54, 1.807) is 54.9 Å². The quantitative estimate of drug-likeness (QED) is 0.347. The number of nitrogens with one attached hydrogen (secondary N) is 1. The molecule has 4 heterocycles. The van der Waals surface area contributed by atoms with E-state index in [9.17, 15) is 14.4 Å². The third-order valence-electron chi connectivity index (χ3n) is 8.17. The summed E-state index contributed by atoms with van der Waals surface area (Å²) in [5.74, 6) is -1.82. The predicted molar refractivity (Wildman–Crippen MR) is 150 cm³/mol. The van der Waals surface area contributed by atoms with Gasteiger partial charge in [0, 0.05) is 39.9 Å². The monoisotopic (exact) mass is 531 g/mol. The number of ketones is 2. The molecule has 0 aliphatic carbocycles. The van der Waals surface area contributed by atoms with Crippen LogP contribution in [0.25, 0.3) is 6.08 Å². The van der Waals surface area contributed by atoms with Crippen LogP contribution in [0, 0.1) is 5.92 Å². The molecular formula is C32H22ClN3O3. The zero-order valence-corrected chi connectivity index (χ0v) is 21.4. The number of fused-ring (bicyclic) bond motifs is 6. The van der Waals surface area contributed by atoms with E-state index >= 15 is 0 Å².